The summed E-state index contributed by atoms with van der Waals surface area (Å²) in [5, 5.41) is 2.86. The van der Waals surface area contributed by atoms with Crippen molar-refractivity contribution in [3.05, 3.63) is 29.8 Å². The average molecular weight is 267 g/mol. The second-order valence-electron chi connectivity index (χ2n) is 4.44. The van der Waals surface area contributed by atoms with Gasteiger partial charge in [-0.2, -0.15) is 0 Å². The minimum absolute atomic E-state index is 0.0883. The van der Waals surface area contributed by atoms with Gasteiger partial charge >= 0.3 is 0 Å². The number of hydrogen-bond acceptors (Lipinski definition) is 3. The number of benzene rings is 1. The van der Waals surface area contributed by atoms with Crippen LogP contribution in [0.25, 0.3) is 0 Å². The molecular weight excluding hydrogens is 246 g/mol. The molecule has 0 unspecified atom stereocenters. The van der Waals surface area contributed by atoms with E-state index in [1.165, 1.54) is 5.56 Å². The Balaban J connectivity index is 2.08. The molecule has 0 fully saturated rings. The highest BCUT2D eigenvalue weighted by atomic mass is 32.2. The SMILES string of the molecule is Cc1ccc(OCCSCC(=O)NC(C)C)cc1. The van der Waals surface area contributed by atoms with Crippen molar-refractivity contribution in [1.82, 2.24) is 5.32 Å². The molecule has 0 spiro atoms. The van der Waals surface area contributed by atoms with Crippen LogP contribution in [0.5, 0.6) is 5.75 Å². The summed E-state index contributed by atoms with van der Waals surface area (Å²) in [6.45, 7) is 6.60. The molecular formula is C14H21NO2S. The summed E-state index contributed by atoms with van der Waals surface area (Å²) >= 11 is 1.59. The second-order valence-corrected chi connectivity index (χ2v) is 5.54. The molecule has 0 aliphatic rings. The maximum absolute atomic E-state index is 11.4. The quantitative estimate of drug-likeness (QED) is 0.772. The minimum atomic E-state index is 0.0883. The summed E-state index contributed by atoms with van der Waals surface area (Å²) in [7, 11) is 0. The number of amides is 1. The zero-order valence-electron chi connectivity index (χ0n) is 11.2. The van der Waals surface area contributed by atoms with Gasteiger partial charge in [0.15, 0.2) is 0 Å². The van der Waals surface area contributed by atoms with Crippen LogP contribution >= 0.6 is 11.8 Å². The fraction of sp³-hybridized carbons (Fsp3) is 0.500. The fourth-order valence-corrected chi connectivity index (χ4v) is 2.00. The summed E-state index contributed by atoms with van der Waals surface area (Å²) in [5.74, 6) is 2.28. The Morgan fingerprint density at radius 2 is 2.00 bits per heavy atom. The van der Waals surface area contributed by atoms with E-state index in [4.69, 9.17) is 4.74 Å². The molecule has 1 N–H and O–H groups in total. The van der Waals surface area contributed by atoms with Gasteiger partial charge in [-0.25, -0.2) is 0 Å². The van der Waals surface area contributed by atoms with Gasteiger partial charge in [-0.3, -0.25) is 4.79 Å². The van der Waals surface area contributed by atoms with E-state index >= 15 is 0 Å². The first-order chi connectivity index (χ1) is 8.58. The van der Waals surface area contributed by atoms with Gasteiger partial charge in [0.2, 0.25) is 5.91 Å². The van der Waals surface area contributed by atoms with Crippen molar-refractivity contribution in [2.24, 2.45) is 0 Å². The topological polar surface area (TPSA) is 38.3 Å². The lowest BCUT2D eigenvalue weighted by molar-refractivity contribution is -0.119. The monoisotopic (exact) mass is 267 g/mol. The van der Waals surface area contributed by atoms with E-state index < -0.39 is 0 Å². The molecule has 0 aromatic heterocycles. The number of nitrogens with one attached hydrogen (secondary N) is 1. The van der Waals surface area contributed by atoms with Crippen molar-refractivity contribution >= 4 is 17.7 Å². The van der Waals surface area contributed by atoms with Crippen molar-refractivity contribution < 1.29 is 9.53 Å². The first kappa shape index (κ1) is 14.9. The molecule has 1 amide bonds. The number of aryl methyl sites for hydroxylation is 1. The lowest BCUT2D eigenvalue weighted by Gasteiger charge is -2.08. The lowest BCUT2D eigenvalue weighted by atomic mass is 10.2. The van der Waals surface area contributed by atoms with E-state index in [0.717, 1.165) is 11.5 Å². The normalized spacial score (nSPS) is 10.4. The van der Waals surface area contributed by atoms with Gasteiger partial charge in [0, 0.05) is 11.8 Å². The van der Waals surface area contributed by atoms with E-state index in [1.807, 2.05) is 45.0 Å². The van der Waals surface area contributed by atoms with Crippen LogP contribution in [0, 0.1) is 6.92 Å². The molecule has 1 aromatic carbocycles. The fourth-order valence-electron chi connectivity index (χ4n) is 1.38. The van der Waals surface area contributed by atoms with Crippen LogP contribution in [-0.4, -0.2) is 30.1 Å². The number of hydrogen-bond donors (Lipinski definition) is 1. The Morgan fingerprint density at radius 3 is 2.61 bits per heavy atom. The molecule has 0 aliphatic carbocycles. The van der Waals surface area contributed by atoms with Gasteiger partial charge in [-0.05, 0) is 32.9 Å². The summed E-state index contributed by atoms with van der Waals surface area (Å²) in [4.78, 5) is 11.4. The molecule has 0 atom stereocenters. The standard InChI is InChI=1S/C14H21NO2S/c1-11(2)15-14(16)10-18-9-8-17-13-6-4-12(3)5-7-13/h4-7,11H,8-10H2,1-3H3,(H,15,16). The van der Waals surface area contributed by atoms with Crippen LogP contribution in [0.2, 0.25) is 0 Å². The zero-order valence-corrected chi connectivity index (χ0v) is 12.0. The number of carbonyl (C=O) groups excluding carboxylic acids is 1. The Labute approximate surface area is 113 Å². The van der Waals surface area contributed by atoms with Gasteiger partial charge in [0.1, 0.15) is 5.75 Å². The van der Waals surface area contributed by atoms with Crippen molar-refractivity contribution in [2.75, 3.05) is 18.1 Å². The van der Waals surface area contributed by atoms with Crippen LogP contribution in [0.4, 0.5) is 0 Å². The average Bonchev–Trinajstić information content (AvgIpc) is 2.30. The number of carbonyl (C=O) groups is 1. The molecule has 0 saturated carbocycles. The molecule has 0 aliphatic heterocycles. The molecule has 100 valence electrons. The van der Waals surface area contributed by atoms with Gasteiger partial charge < -0.3 is 10.1 Å². The Kier molecular flexibility index (Phi) is 6.65. The van der Waals surface area contributed by atoms with Crippen LogP contribution in [0.3, 0.4) is 0 Å². The summed E-state index contributed by atoms with van der Waals surface area (Å²) in [6.07, 6.45) is 0. The van der Waals surface area contributed by atoms with Gasteiger partial charge in [-0.1, -0.05) is 17.7 Å². The molecule has 1 rings (SSSR count). The maximum atomic E-state index is 11.4. The third kappa shape index (κ3) is 6.55. The minimum Gasteiger partial charge on any atom is -0.493 e. The van der Waals surface area contributed by atoms with Crippen LogP contribution in [-0.2, 0) is 4.79 Å². The Morgan fingerprint density at radius 1 is 1.33 bits per heavy atom. The first-order valence-electron chi connectivity index (χ1n) is 6.14. The smallest absolute Gasteiger partial charge is 0.230 e. The van der Waals surface area contributed by atoms with Crippen molar-refractivity contribution in [2.45, 2.75) is 26.8 Å². The van der Waals surface area contributed by atoms with E-state index in [9.17, 15) is 4.79 Å². The van der Waals surface area contributed by atoms with Crippen molar-refractivity contribution in [1.29, 1.82) is 0 Å². The van der Waals surface area contributed by atoms with E-state index in [2.05, 4.69) is 5.32 Å². The van der Waals surface area contributed by atoms with Gasteiger partial charge in [-0.15, -0.1) is 11.8 Å². The van der Waals surface area contributed by atoms with Crippen LogP contribution in [0.15, 0.2) is 24.3 Å². The summed E-state index contributed by atoms with van der Waals surface area (Å²) in [5.41, 5.74) is 1.22. The molecule has 3 nitrogen and oxygen atoms in total. The van der Waals surface area contributed by atoms with Gasteiger partial charge in [0.05, 0.1) is 12.4 Å². The van der Waals surface area contributed by atoms with E-state index in [0.29, 0.717) is 12.4 Å². The highest BCUT2D eigenvalue weighted by Crippen LogP contribution is 2.11. The van der Waals surface area contributed by atoms with E-state index in [1.54, 1.807) is 11.8 Å². The predicted molar refractivity (Wildman–Crippen MR) is 77.3 cm³/mol. The lowest BCUT2D eigenvalue weighted by Crippen LogP contribution is -2.31. The number of thioether (sulfide) groups is 1. The van der Waals surface area contributed by atoms with Gasteiger partial charge in [0.25, 0.3) is 0 Å². The summed E-state index contributed by atoms with van der Waals surface area (Å²) in [6, 6.07) is 8.19. The molecule has 0 heterocycles. The maximum Gasteiger partial charge on any atom is 0.230 e. The molecule has 0 radical (unpaired) electrons. The van der Waals surface area contributed by atoms with Crippen molar-refractivity contribution in [3.63, 3.8) is 0 Å². The van der Waals surface area contributed by atoms with Crippen LogP contribution < -0.4 is 10.1 Å². The van der Waals surface area contributed by atoms with E-state index in [-0.39, 0.29) is 11.9 Å². The highest BCUT2D eigenvalue weighted by molar-refractivity contribution is 7.99. The Hall–Kier alpha value is -1.16. The molecule has 4 heteroatoms. The van der Waals surface area contributed by atoms with Crippen molar-refractivity contribution in [3.8, 4) is 5.75 Å². The molecule has 0 bridgehead atoms. The predicted octanol–water partition coefficient (Wildman–Crippen LogP) is 2.63. The molecule has 0 saturated heterocycles. The Bertz CT molecular complexity index is 363. The highest BCUT2D eigenvalue weighted by Gasteiger charge is 2.02. The molecule has 1 aromatic rings. The third-order valence-electron chi connectivity index (χ3n) is 2.20. The number of rotatable bonds is 7. The molecule has 18 heavy (non-hydrogen) atoms. The summed E-state index contributed by atoms with van der Waals surface area (Å²) < 4.78 is 5.57. The largest absolute Gasteiger partial charge is 0.493 e. The first-order valence-corrected chi connectivity index (χ1v) is 7.30. The second kappa shape index (κ2) is 8.03. The van der Waals surface area contributed by atoms with Crippen LogP contribution in [0.1, 0.15) is 19.4 Å². The third-order valence-corrected chi connectivity index (χ3v) is 3.12. The zero-order chi connectivity index (χ0) is 13.4. The number of ether oxygens (including phenoxy) is 1.